The van der Waals surface area contributed by atoms with E-state index in [2.05, 4.69) is 21.8 Å². The highest BCUT2D eigenvalue weighted by Crippen LogP contribution is 2.18. The van der Waals surface area contributed by atoms with Crippen LogP contribution in [0.1, 0.15) is 10.4 Å². The van der Waals surface area contributed by atoms with E-state index >= 15 is 0 Å². The summed E-state index contributed by atoms with van der Waals surface area (Å²) in [4.78, 5) is 19.9. The summed E-state index contributed by atoms with van der Waals surface area (Å²) in [5.74, 6) is 0.340. The van der Waals surface area contributed by atoms with Crippen molar-refractivity contribution in [2.24, 2.45) is 11.5 Å². The summed E-state index contributed by atoms with van der Waals surface area (Å²) in [6.45, 7) is 3.28. The van der Waals surface area contributed by atoms with Crippen LogP contribution in [-0.4, -0.2) is 55.1 Å². The van der Waals surface area contributed by atoms with Crippen LogP contribution in [0.25, 0.3) is 0 Å². The lowest BCUT2D eigenvalue weighted by Crippen LogP contribution is -2.55. The fourth-order valence-corrected chi connectivity index (χ4v) is 2.24. The molecule has 0 aromatic carbocycles. The second-order valence-corrected chi connectivity index (χ2v) is 4.61. The van der Waals surface area contributed by atoms with Gasteiger partial charge in [0, 0.05) is 37.9 Å². The summed E-state index contributed by atoms with van der Waals surface area (Å²) in [5.41, 5.74) is 11.6. The number of likely N-dealkylation sites (N-methyl/N-ethyl adjacent to an activating group) is 1. The van der Waals surface area contributed by atoms with Crippen molar-refractivity contribution >= 4 is 11.7 Å². The van der Waals surface area contributed by atoms with Gasteiger partial charge < -0.3 is 21.3 Å². The third-order valence-corrected chi connectivity index (χ3v) is 3.28. The molecule has 1 aromatic rings. The molecule has 1 unspecified atom stereocenters. The van der Waals surface area contributed by atoms with Gasteiger partial charge in [-0.1, -0.05) is 0 Å². The molecule has 0 bridgehead atoms. The van der Waals surface area contributed by atoms with Gasteiger partial charge in [0.1, 0.15) is 5.82 Å². The average Bonchev–Trinajstić information content (AvgIpc) is 2.38. The van der Waals surface area contributed by atoms with Crippen molar-refractivity contribution in [2.75, 3.05) is 38.1 Å². The molecule has 6 nitrogen and oxygen atoms in total. The predicted molar refractivity (Wildman–Crippen MR) is 70.4 cm³/mol. The monoisotopic (exact) mass is 249 g/mol. The Hall–Kier alpha value is -1.66. The normalized spacial score (nSPS) is 21.0. The lowest BCUT2D eigenvalue weighted by atomic mass is 10.1. The maximum Gasteiger partial charge on any atom is 0.248 e. The number of carbonyl (C=O) groups is 1. The third-order valence-electron chi connectivity index (χ3n) is 3.28. The molecule has 1 fully saturated rings. The molecule has 2 rings (SSSR count). The van der Waals surface area contributed by atoms with Crippen LogP contribution < -0.4 is 16.4 Å². The Morgan fingerprint density at radius 2 is 2.33 bits per heavy atom. The minimum absolute atomic E-state index is 0.222. The van der Waals surface area contributed by atoms with E-state index in [0.717, 1.165) is 25.5 Å². The van der Waals surface area contributed by atoms with E-state index < -0.39 is 5.91 Å². The maximum atomic E-state index is 11.2. The Kier molecular flexibility index (Phi) is 3.78. The number of rotatable bonds is 3. The summed E-state index contributed by atoms with van der Waals surface area (Å²) in [5, 5.41) is 0. The standard InChI is InChI=1S/C12H19N5O/c1-16-4-5-17(10(7-13)8-16)11-6-9(12(14)18)2-3-15-11/h2-3,6,10H,4-5,7-8,13H2,1H3,(H2,14,18). The molecule has 1 atom stereocenters. The molecule has 18 heavy (non-hydrogen) atoms. The van der Waals surface area contributed by atoms with Gasteiger partial charge in [-0.3, -0.25) is 4.79 Å². The molecule has 4 N–H and O–H groups in total. The summed E-state index contributed by atoms with van der Waals surface area (Å²) < 4.78 is 0. The van der Waals surface area contributed by atoms with Gasteiger partial charge in [-0.15, -0.1) is 0 Å². The van der Waals surface area contributed by atoms with E-state index in [1.807, 2.05) is 0 Å². The number of carbonyl (C=O) groups excluding carboxylic acids is 1. The zero-order valence-electron chi connectivity index (χ0n) is 10.5. The second-order valence-electron chi connectivity index (χ2n) is 4.61. The second kappa shape index (κ2) is 5.32. The molecular formula is C12H19N5O. The van der Waals surface area contributed by atoms with Crippen molar-refractivity contribution in [3.63, 3.8) is 0 Å². The first-order valence-corrected chi connectivity index (χ1v) is 6.03. The Labute approximate surface area is 107 Å². The minimum atomic E-state index is -0.433. The van der Waals surface area contributed by atoms with Crippen LogP contribution in [0.15, 0.2) is 18.3 Å². The molecule has 0 saturated carbocycles. The largest absolute Gasteiger partial charge is 0.366 e. The quantitative estimate of drug-likeness (QED) is 0.736. The molecule has 0 radical (unpaired) electrons. The topological polar surface area (TPSA) is 88.5 Å². The van der Waals surface area contributed by atoms with Crippen molar-refractivity contribution < 1.29 is 4.79 Å². The van der Waals surface area contributed by atoms with Crippen molar-refractivity contribution in [1.29, 1.82) is 0 Å². The van der Waals surface area contributed by atoms with Gasteiger partial charge in [0.15, 0.2) is 0 Å². The summed E-state index contributed by atoms with van der Waals surface area (Å²) in [6.07, 6.45) is 1.61. The lowest BCUT2D eigenvalue weighted by Gasteiger charge is -2.40. The Balaban J connectivity index is 2.24. The number of pyridine rings is 1. The van der Waals surface area contributed by atoms with Crippen molar-refractivity contribution in [3.05, 3.63) is 23.9 Å². The van der Waals surface area contributed by atoms with Crippen molar-refractivity contribution in [1.82, 2.24) is 9.88 Å². The number of anilines is 1. The van der Waals surface area contributed by atoms with E-state index in [1.54, 1.807) is 18.3 Å². The first-order chi connectivity index (χ1) is 8.61. The molecule has 2 heterocycles. The number of amides is 1. The summed E-state index contributed by atoms with van der Waals surface area (Å²) >= 11 is 0. The number of piperazine rings is 1. The minimum Gasteiger partial charge on any atom is -0.366 e. The van der Waals surface area contributed by atoms with E-state index in [9.17, 15) is 4.79 Å². The number of hydrogen-bond donors (Lipinski definition) is 2. The van der Waals surface area contributed by atoms with Crippen LogP contribution in [0, 0.1) is 0 Å². The average molecular weight is 249 g/mol. The maximum absolute atomic E-state index is 11.2. The molecule has 1 aromatic heterocycles. The summed E-state index contributed by atoms with van der Waals surface area (Å²) in [6, 6.07) is 3.58. The van der Waals surface area contributed by atoms with E-state index in [4.69, 9.17) is 11.5 Å². The SMILES string of the molecule is CN1CCN(c2cc(C(N)=O)ccn2)C(CN)C1. The van der Waals surface area contributed by atoms with Gasteiger partial charge in [0.2, 0.25) is 5.91 Å². The number of hydrogen-bond acceptors (Lipinski definition) is 5. The number of nitrogens with two attached hydrogens (primary N) is 2. The molecule has 98 valence electrons. The molecule has 0 aliphatic carbocycles. The van der Waals surface area contributed by atoms with Crippen LogP contribution in [0.4, 0.5) is 5.82 Å². The fraction of sp³-hybridized carbons (Fsp3) is 0.500. The van der Waals surface area contributed by atoms with Crippen LogP contribution in [0.3, 0.4) is 0 Å². The third kappa shape index (κ3) is 2.60. The Morgan fingerprint density at radius 3 is 3.00 bits per heavy atom. The van der Waals surface area contributed by atoms with E-state index in [0.29, 0.717) is 12.1 Å². The van der Waals surface area contributed by atoms with E-state index in [1.165, 1.54) is 0 Å². The highest BCUT2D eigenvalue weighted by molar-refractivity contribution is 5.93. The highest BCUT2D eigenvalue weighted by Gasteiger charge is 2.25. The zero-order valence-corrected chi connectivity index (χ0v) is 10.5. The smallest absolute Gasteiger partial charge is 0.248 e. The van der Waals surface area contributed by atoms with Crippen LogP contribution >= 0.6 is 0 Å². The number of primary amides is 1. The van der Waals surface area contributed by atoms with E-state index in [-0.39, 0.29) is 6.04 Å². The molecule has 0 spiro atoms. The van der Waals surface area contributed by atoms with Gasteiger partial charge >= 0.3 is 0 Å². The highest BCUT2D eigenvalue weighted by atomic mass is 16.1. The molecule has 6 heteroatoms. The first kappa shape index (κ1) is 12.8. The van der Waals surface area contributed by atoms with Crippen LogP contribution in [0.2, 0.25) is 0 Å². The van der Waals surface area contributed by atoms with Gasteiger partial charge in [-0.2, -0.15) is 0 Å². The molecule has 1 aliphatic rings. The zero-order chi connectivity index (χ0) is 13.1. The molecule has 1 saturated heterocycles. The van der Waals surface area contributed by atoms with Crippen molar-refractivity contribution in [3.8, 4) is 0 Å². The Bertz CT molecular complexity index is 436. The van der Waals surface area contributed by atoms with Crippen LogP contribution in [0.5, 0.6) is 0 Å². The van der Waals surface area contributed by atoms with Gasteiger partial charge in [-0.05, 0) is 19.2 Å². The first-order valence-electron chi connectivity index (χ1n) is 6.03. The van der Waals surface area contributed by atoms with Crippen molar-refractivity contribution in [2.45, 2.75) is 6.04 Å². The van der Waals surface area contributed by atoms with Gasteiger partial charge in [0.25, 0.3) is 0 Å². The fourth-order valence-electron chi connectivity index (χ4n) is 2.24. The van der Waals surface area contributed by atoms with Gasteiger partial charge in [0.05, 0.1) is 6.04 Å². The number of nitrogens with zero attached hydrogens (tertiary/aromatic N) is 3. The molecule has 1 aliphatic heterocycles. The van der Waals surface area contributed by atoms with Gasteiger partial charge in [-0.25, -0.2) is 4.98 Å². The molecule has 1 amide bonds. The molecular weight excluding hydrogens is 230 g/mol. The predicted octanol–water partition coefficient (Wildman–Crippen LogP) is -0.740. The lowest BCUT2D eigenvalue weighted by molar-refractivity contribution is 0.1000. The van der Waals surface area contributed by atoms with Crippen LogP contribution in [-0.2, 0) is 0 Å². The summed E-state index contributed by atoms with van der Waals surface area (Å²) in [7, 11) is 2.08. The Morgan fingerprint density at radius 1 is 1.56 bits per heavy atom. The number of aromatic nitrogens is 1.